The monoisotopic (exact) mass is 375 g/mol. The maximum absolute atomic E-state index is 13.4. The zero-order valence-corrected chi connectivity index (χ0v) is 15.2. The SMILES string of the molecule is COc1ccc(C(=O)[C@H]2[C@@H]3C(=O)NC(=O)[C@@H]3[C@@H]3c4ccccc4C=C[NH+]23)cc1. The van der Waals surface area contributed by atoms with Crippen LogP contribution in [0.25, 0.3) is 6.08 Å². The highest BCUT2D eigenvalue weighted by atomic mass is 16.5. The van der Waals surface area contributed by atoms with Crippen LogP contribution in [0.3, 0.4) is 0 Å². The maximum atomic E-state index is 13.4. The summed E-state index contributed by atoms with van der Waals surface area (Å²) in [6, 6.07) is 13.8. The highest BCUT2D eigenvalue weighted by molar-refractivity contribution is 6.11. The lowest BCUT2D eigenvalue weighted by Gasteiger charge is -2.29. The molecule has 0 radical (unpaired) electrons. The van der Waals surface area contributed by atoms with Crippen LogP contribution >= 0.6 is 0 Å². The van der Waals surface area contributed by atoms with Gasteiger partial charge in [0, 0.05) is 11.1 Å². The minimum atomic E-state index is -0.669. The van der Waals surface area contributed by atoms with Crippen molar-refractivity contribution >= 4 is 23.7 Å². The number of hydrogen-bond acceptors (Lipinski definition) is 4. The number of carbonyl (C=O) groups excluding carboxylic acids is 3. The lowest BCUT2D eigenvalue weighted by Crippen LogP contribution is -3.12. The smallest absolute Gasteiger partial charge is 0.237 e. The first-order chi connectivity index (χ1) is 13.6. The van der Waals surface area contributed by atoms with E-state index in [9.17, 15) is 14.4 Å². The molecule has 5 rings (SSSR count). The van der Waals surface area contributed by atoms with Crippen molar-refractivity contribution in [2.75, 3.05) is 7.11 Å². The Morgan fingerprint density at radius 2 is 1.71 bits per heavy atom. The summed E-state index contributed by atoms with van der Waals surface area (Å²) in [5, 5.41) is 2.45. The average Bonchev–Trinajstić information content (AvgIpc) is 3.22. The Labute approximate surface area is 161 Å². The van der Waals surface area contributed by atoms with Crippen molar-refractivity contribution in [1.82, 2.24) is 5.32 Å². The molecule has 2 N–H and O–H groups in total. The van der Waals surface area contributed by atoms with E-state index in [0.717, 1.165) is 16.0 Å². The van der Waals surface area contributed by atoms with Crippen molar-refractivity contribution in [3.63, 3.8) is 0 Å². The molecule has 28 heavy (non-hydrogen) atoms. The normalized spacial score (nSPS) is 29.7. The summed E-state index contributed by atoms with van der Waals surface area (Å²) in [4.78, 5) is 39.5. The molecule has 5 atom stereocenters. The maximum Gasteiger partial charge on any atom is 0.237 e. The number of nitrogens with one attached hydrogen (secondary N) is 2. The van der Waals surface area contributed by atoms with Gasteiger partial charge in [0.25, 0.3) is 0 Å². The van der Waals surface area contributed by atoms with Crippen LogP contribution in [-0.2, 0) is 9.59 Å². The quantitative estimate of drug-likeness (QED) is 0.614. The first-order valence-electron chi connectivity index (χ1n) is 9.27. The van der Waals surface area contributed by atoms with E-state index in [1.165, 1.54) is 0 Å². The Morgan fingerprint density at radius 3 is 2.46 bits per heavy atom. The fourth-order valence-corrected chi connectivity index (χ4v) is 4.90. The summed E-state index contributed by atoms with van der Waals surface area (Å²) in [7, 11) is 1.57. The molecular formula is C22H19N2O4+. The number of quaternary nitrogens is 1. The lowest BCUT2D eigenvalue weighted by atomic mass is 9.83. The zero-order valence-electron chi connectivity index (χ0n) is 15.2. The first-order valence-corrected chi connectivity index (χ1v) is 9.27. The number of amides is 2. The number of rotatable bonds is 3. The summed E-state index contributed by atoms with van der Waals surface area (Å²) < 4.78 is 5.16. The van der Waals surface area contributed by atoms with E-state index in [2.05, 4.69) is 5.32 Å². The van der Waals surface area contributed by atoms with Crippen molar-refractivity contribution in [2.45, 2.75) is 12.1 Å². The van der Waals surface area contributed by atoms with Crippen LogP contribution < -0.4 is 15.0 Å². The van der Waals surface area contributed by atoms with E-state index >= 15 is 0 Å². The number of ketones is 1. The third-order valence-corrected chi connectivity index (χ3v) is 6.12. The predicted molar refractivity (Wildman–Crippen MR) is 100 cm³/mol. The average molecular weight is 375 g/mol. The van der Waals surface area contributed by atoms with Gasteiger partial charge in [-0.2, -0.15) is 0 Å². The number of benzene rings is 2. The largest absolute Gasteiger partial charge is 0.497 e. The number of methoxy groups -OCH3 is 1. The van der Waals surface area contributed by atoms with E-state index in [1.54, 1.807) is 31.4 Å². The molecule has 6 heteroatoms. The molecule has 0 spiro atoms. The molecule has 2 saturated heterocycles. The van der Waals surface area contributed by atoms with E-state index in [1.807, 2.05) is 36.5 Å². The van der Waals surface area contributed by atoms with Crippen LogP contribution in [0.15, 0.2) is 54.7 Å². The van der Waals surface area contributed by atoms with Crippen molar-refractivity contribution < 1.29 is 24.0 Å². The standard InChI is InChI=1S/C22H18N2O4/c1-28-14-8-6-13(7-9-14)20(25)19-17-16(21(26)23-22(17)27)18-15-5-3-2-4-12(15)10-11-24(18)19/h2-11,16-19H,1H3,(H,23,26,27)/p+1/t16-,17+,18-,19+/m0/s1. The molecule has 0 bridgehead atoms. The summed E-state index contributed by atoms with van der Waals surface area (Å²) in [5.74, 6) is -1.32. The van der Waals surface area contributed by atoms with Gasteiger partial charge in [0.15, 0.2) is 6.04 Å². The van der Waals surface area contributed by atoms with E-state index in [4.69, 9.17) is 4.74 Å². The molecule has 2 aromatic rings. The van der Waals surface area contributed by atoms with Gasteiger partial charge in [-0.3, -0.25) is 24.6 Å². The van der Waals surface area contributed by atoms with Gasteiger partial charge in [-0.15, -0.1) is 0 Å². The van der Waals surface area contributed by atoms with Gasteiger partial charge in [-0.05, 0) is 35.9 Å². The Bertz CT molecular complexity index is 1030. The van der Waals surface area contributed by atoms with Crippen molar-refractivity contribution in [1.29, 1.82) is 0 Å². The molecule has 0 saturated carbocycles. The first kappa shape index (κ1) is 16.9. The minimum Gasteiger partial charge on any atom is -0.497 e. The van der Waals surface area contributed by atoms with Crippen LogP contribution in [0, 0.1) is 11.8 Å². The molecule has 0 aromatic heterocycles. The Kier molecular flexibility index (Phi) is 3.70. The number of carbonyl (C=O) groups is 3. The predicted octanol–water partition coefficient (Wildman–Crippen LogP) is 0.759. The van der Waals surface area contributed by atoms with E-state index < -0.39 is 17.9 Å². The van der Waals surface area contributed by atoms with Gasteiger partial charge >= 0.3 is 0 Å². The Hall–Kier alpha value is -3.25. The molecule has 2 amide bonds. The van der Waals surface area contributed by atoms with Crippen LogP contribution in [0.5, 0.6) is 5.75 Å². The summed E-state index contributed by atoms with van der Waals surface area (Å²) in [5.41, 5.74) is 2.54. The fraction of sp³-hybridized carbons (Fsp3) is 0.227. The number of ether oxygens (including phenoxy) is 1. The molecule has 140 valence electrons. The molecule has 2 fully saturated rings. The van der Waals surface area contributed by atoms with Gasteiger partial charge < -0.3 is 4.74 Å². The molecule has 2 aromatic carbocycles. The van der Waals surface area contributed by atoms with Crippen LogP contribution in [0.2, 0.25) is 0 Å². The summed E-state index contributed by atoms with van der Waals surface area (Å²) >= 11 is 0. The highest BCUT2D eigenvalue weighted by Gasteiger charge is 2.65. The molecule has 3 aliphatic heterocycles. The van der Waals surface area contributed by atoms with E-state index in [0.29, 0.717) is 11.3 Å². The molecule has 1 unspecified atom stereocenters. The van der Waals surface area contributed by atoms with Gasteiger partial charge in [0.05, 0.1) is 13.3 Å². The van der Waals surface area contributed by atoms with Gasteiger partial charge in [-0.1, -0.05) is 24.3 Å². The number of imide groups is 1. The Morgan fingerprint density at radius 1 is 1.00 bits per heavy atom. The van der Waals surface area contributed by atoms with Crippen molar-refractivity contribution in [3.8, 4) is 5.75 Å². The van der Waals surface area contributed by atoms with Crippen LogP contribution in [-0.4, -0.2) is 30.7 Å². The second kappa shape index (κ2) is 6.14. The second-order valence-electron chi connectivity index (χ2n) is 7.42. The van der Waals surface area contributed by atoms with Gasteiger partial charge in [-0.25, -0.2) is 0 Å². The number of fused-ring (bicyclic) bond motifs is 5. The van der Waals surface area contributed by atoms with Crippen LogP contribution in [0.4, 0.5) is 0 Å². The Balaban J connectivity index is 1.61. The lowest BCUT2D eigenvalue weighted by molar-refractivity contribution is -0.884. The van der Waals surface area contributed by atoms with Crippen molar-refractivity contribution in [3.05, 3.63) is 71.4 Å². The third-order valence-electron chi connectivity index (χ3n) is 6.12. The van der Waals surface area contributed by atoms with Crippen LogP contribution in [0.1, 0.15) is 27.5 Å². The van der Waals surface area contributed by atoms with E-state index in [-0.39, 0.29) is 23.6 Å². The highest BCUT2D eigenvalue weighted by Crippen LogP contribution is 2.41. The second-order valence-corrected chi connectivity index (χ2v) is 7.42. The molecule has 6 nitrogen and oxygen atoms in total. The molecular weight excluding hydrogens is 356 g/mol. The van der Waals surface area contributed by atoms with Gasteiger partial charge in [0.1, 0.15) is 23.6 Å². The third kappa shape index (κ3) is 2.28. The number of hydrogen-bond donors (Lipinski definition) is 2. The number of Topliss-reactive ketones (excluding diaryl/α,β-unsaturated/α-hetero) is 1. The van der Waals surface area contributed by atoms with Crippen molar-refractivity contribution in [2.24, 2.45) is 11.8 Å². The molecule has 0 aliphatic carbocycles. The zero-order chi connectivity index (χ0) is 19.4. The molecule has 3 aliphatic rings. The van der Waals surface area contributed by atoms with Gasteiger partial charge in [0.2, 0.25) is 17.6 Å². The topological polar surface area (TPSA) is 76.9 Å². The fourth-order valence-electron chi connectivity index (χ4n) is 4.90. The summed E-state index contributed by atoms with van der Waals surface area (Å²) in [6.07, 6.45) is 3.90. The summed E-state index contributed by atoms with van der Waals surface area (Å²) in [6.45, 7) is 0. The minimum absolute atomic E-state index is 0.135. The molecule has 3 heterocycles.